The number of benzene rings is 1. The van der Waals surface area contributed by atoms with Gasteiger partial charge in [0, 0.05) is 6.07 Å². The number of phenolic OH excluding ortho intramolecular Hbond substituents is 1. The largest absolute Gasteiger partial charge is 0.499 e. The van der Waals surface area contributed by atoms with Crippen LogP contribution in [-0.4, -0.2) is 30.2 Å². The minimum absolute atomic E-state index is 0.0758. The molecule has 0 aliphatic carbocycles. The van der Waals surface area contributed by atoms with Crippen LogP contribution in [0.5, 0.6) is 11.5 Å². The van der Waals surface area contributed by atoms with Crippen LogP contribution in [0.1, 0.15) is 10.4 Å². The maximum absolute atomic E-state index is 11.2. The molecule has 86 valence electrons. The summed E-state index contributed by atoms with van der Waals surface area (Å²) >= 11 is 0. The predicted molar refractivity (Wildman–Crippen MR) is 52.7 cm³/mol. The summed E-state index contributed by atoms with van der Waals surface area (Å²) in [7, 11) is 2.34. The lowest BCUT2D eigenvalue weighted by atomic mass is 10.1. The molecule has 0 atom stereocenters. The molecular formula is C9H9NO6. The van der Waals surface area contributed by atoms with E-state index < -0.39 is 22.3 Å². The lowest BCUT2D eigenvalue weighted by molar-refractivity contribution is -0.386. The van der Waals surface area contributed by atoms with Gasteiger partial charge in [-0.2, -0.15) is 0 Å². The minimum Gasteiger partial charge on any atom is -0.499 e. The number of nitrogens with zero attached hydrogens (tertiary/aromatic N) is 1. The van der Waals surface area contributed by atoms with Gasteiger partial charge in [-0.05, 0) is 6.07 Å². The van der Waals surface area contributed by atoms with Crippen LogP contribution in [0.4, 0.5) is 5.69 Å². The first-order valence-corrected chi connectivity index (χ1v) is 4.15. The van der Waals surface area contributed by atoms with Gasteiger partial charge in [-0.15, -0.1) is 0 Å². The number of rotatable bonds is 3. The van der Waals surface area contributed by atoms with Crippen LogP contribution in [0.15, 0.2) is 12.1 Å². The molecule has 0 unspecified atom stereocenters. The van der Waals surface area contributed by atoms with Gasteiger partial charge in [-0.1, -0.05) is 0 Å². The van der Waals surface area contributed by atoms with Crippen molar-refractivity contribution in [3.8, 4) is 11.5 Å². The molecule has 16 heavy (non-hydrogen) atoms. The number of carbonyl (C=O) groups excluding carboxylic acids is 1. The maximum Gasteiger partial charge on any atom is 0.341 e. The first-order chi connectivity index (χ1) is 7.52. The molecule has 0 saturated heterocycles. The zero-order chi connectivity index (χ0) is 12.3. The van der Waals surface area contributed by atoms with E-state index >= 15 is 0 Å². The number of hydrogen-bond donors (Lipinski definition) is 1. The Hall–Kier alpha value is -2.31. The Morgan fingerprint density at radius 1 is 1.44 bits per heavy atom. The van der Waals surface area contributed by atoms with E-state index in [1.165, 1.54) is 7.11 Å². The molecule has 0 radical (unpaired) electrons. The van der Waals surface area contributed by atoms with Crippen molar-refractivity contribution in [3.05, 3.63) is 27.8 Å². The Morgan fingerprint density at radius 3 is 2.50 bits per heavy atom. The lowest BCUT2D eigenvalue weighted by Crippen LogP contribution is -2.05. The molecule has 0 fully saturated rings. The topological polar surface area (TPSA) is 98.9 Å². The molecule has 1 rings (SSSR count). The van der Waals surface area contributed by atoms with Gasteiger partial charge in [0.05, 0.1) is 19.1 Å². The summed E-state index contributed by atoms with van der Waals surface area (Å²) in [4.78, 5) is 21.0. The number of carbonyl (C=O) groups is 1. The molecular weight excluding hydrogens is 218 g/mol. The molecule has 0 aromatic heterocycles. The smallest absolute Gasteiger partial charge is 0.341 e. The number of methoxy groups -OCH3 is 2. The molecule has 0 spiro atoms. The number of ether oxygens (including phenoxy) is 2. The predicted octanol–water partition coefficient (Wildman–Crippen LogP) is 1.10. The zero-order valence-corrected chi connectivity index (χ0v) is 8.59. The summed E-state index contributed by atoms with van der Waals surface area (Å²) in [6.45, 7) is 0. The van der Waals surface area contributed by atoms with Crippen molar-refractivity contribution < 1.29 is 24.3 Å². The monoisotopic (exact) mass is 227 g/mol. The Kier molecular flexibility index (Phi) is 3.29. The highest BCUT2D eigenvalue weighted by Gasteiger charge is 2.24. The molecule has 0 amide bonds. The van der Waals surface area contributed by atoms with Crippen molar-refractivity contribution in [2.75, 3.05) is 14.2 Å². The van der Waals surface area contributed by atoms with E-state index in [2.05, 4.69) is 4.74 Å². The van der Waals surface area contributed by atoms with Crippen molar-refractivity contribution in [1.29, 1.82) is 0 Å². The molecule has 1 aromatic carbocycles. The van der Waals surface area contributed by atoms with Gasteiger partial charge in [0.2, 0.25) is 5.75 Å². The van der Waals surface area contributed by atoms with Crippen LogP contribution in [-0.2, 0) is 4.74 Å². The fourth-order valence-corrected chi connectivity index (χ4v) is 1.19. The Bertz CT molecular complexity index is 442. The second kappa shape index (κ2) is 4.47. The van der Waals surface area contributed by atoms with E-state index in [-0.39, 0.29) is 11.3 Å². The number of nitro benzene ring substituents is 1. The van der Waals surface area contributed by atoms with Crippen molar-refractivity contribution in [2.45, 2.75) is 0 Å². The quantitative estimate of drug-likeness (QED) is 0.471. The summed E-state index contributed by atoms with van der Waals surface area (Å²) < 4.78 is 9.17. The summed E-state index contributed by atoms with van der Waals surface area (Å²) in [5.74, 6) is -1.72. The van der Waals surface area contributed by atoms with E-state index in [9.17, 15) is 20.0 Å². The van der Waals surface area contributed by atoms with Crippen LogP contribution >= 0.6 is 0 Å². The average molecular weight is 227 g/mol. The van der Waals surface area contributed by atoms with Crippen molar-refractivity contribution in [1.82, 2.24) is 0 Å². The molecule has 0 saturated carbocycles. The summed E-state index contributed by atoms with van der Waals surface area (Å²) in [5.41, 5.74) is -0.613. The number of phenols is 1. The Balaban J connectivity index is 3.40. The molecule has 1 N–H and O–H groups in total. The summed E-state index contributed by atoms with van der Waals surface area (Å²) in [6, 6.07) is 2.16. The van der Waals surface area contributed by atoms with Crippen LogP contribution in [0.3, 0.4) is 0 Å². The van der Waals surface area contributed by atoms with Crippen molar-refractivity contribution in [3.63, 3.8) is 0 Å². The standard InChI is InChI=1S/C9H9NO6/c1-15-8-5(9(12)16-2)3-4-6(7(8)11)10(13)14/h3-4,11H,1-2H3. The fourth-order valence-electron chi connectivity index (χ4n) is 1.19. The normalized spacial score (nSPS) is 9.62. The first-order valence-electron chi connectivity index (χ1n) is 4.15. The maximum atomic E-state index is 11.2. The lowest BCUT2D eigenvalue weighted by Gasteiger charge is -2.08. The Morgan fingerprint density at radius 2 is 2.06 bits per heavy atom. The SMILES string of the molecule is COC(=O)c1ccc([N+](=O)[O-])c(O)c1OC. The van der Waals surface area contributed by atoms with Gasteiger partial charge in [0.25, 0.3) is 0 Å². The minimum atomic E-state index is -0.779. The fraction of sp³-hybridized carbons (Fsp3) is 0.222. The molecule has 7 nitrogen and oxygen atoms in total. The molecule has 0 heterocycles. The van der Waals surface area contributed by atoms with Crippen LogP contribution in [0.2, 0.25) is 0 Å². The van der Waals surface area contributed by atoms with Gasteiger partial charge < -0.3 is 14.6 Å². The highest BCUT2D eigenvalue weighted by molar-refractivity contribution is 5.94. The van der Waals surface area contributed by atoms with E-state index in [1.54, 1.807) is 0 Å². The zero-order valence-electron chi connectivity index (χ0n) is 8.59. The molecule has 0 bridgehead atoms. The van der Waals surface area contributed by atoms with Gasteiger partial charge in [0.15, 0.2) is 5.75 Å². The molecule has 7 heteroatoms. The Labute approximate surface area is 90.4 Å². The number of nitro groups is 1. The number of aromatic hydroxyl groups is 1. The molecule has 0 aliphatic rings. The number of hydrogen-bond acceptors (Lipinski definition) is 6. The second-order valence-corrected chi connectivity index (χ2v) is 2.76. The van der Waals surface area contributed by atoms with E-state index in [4.69, 9.17) is 4.74 Å². The van der Waals surface area contributed by atoms with E-state index in [0.717, 1.165) is 19.2 Å². The van der Waals surface area contributed by atoms with Crippen LogP contribution in [0, 0.1) is 10.1 Å². The van der Waals surface area contributed by atoms with Gasteiger partial charge >= 0.3 is 11.7 Å². The average Bonchev–Trinajstić information content (AvgIpc) is 2.26. The van der Waals surface area contributed by atoms with E-state index in [0.29, 0.717) is 0 Å². The van der Waals surface area contributed by atoms with E-state index in [1.807, 2.05) is 0 Å². The third kappa shape index (κ3) is 1.88. The first kappa shape index (κ1) is 11.8. The van der Waals surface area contributed by atoms with Gasteiger partial charge in [0.1, 0.15) is 5.56 Å². The van der Waals surface area contributed by atoms with Crippen molar-refractivity contribution in [2.24, 2.45) is 0 Å². The summed E-state index contributed by atoms with van der Waals surface area (Å²) in [5, 5.41) is 20.0. The third-order valence-corrected chi connectivity index (χ3v) is 1.92. The highest BCUT2D eigenvalue weighted by atomic mass is 16.6. The molecule has 1 aromatic rings. The van der Waals surface area contributed by atoms with Crippen molar-refractivity contribution >= 4 is 11.7 Å². The van der Waals surface area contributed by atoms with Gasteiger partial charge in [-0.3, -0.25) is 10.1 Å². The third-order valence-electron chi connectivity index (χ3n) is 1.92. The number of esters is 1. The van der Waals surface area contributed by atoms with Gasteiger partial charge in [-0.25, -0.2) is 4.79 Å². The van der Waals surface area contributed by atoms with Crippen LogP contribution in [0.25, 0.3) is 0 Å². The summed E-state index contributed by atoms with van der Waals surface area (Å²) in [6.07, 6.45) is 0. The molecule has 0 aliphatic heterocycles. The second-order valence-electron chi connectivity index (χ2n) is 2.76. The highest BCUT2D eigenvalue weighted by Crippen LogP contribution is 2.38. The van der Waals surface area contributed by atoms with Crippen LogP contribution < -0.4 is 4.74 Å².